The van der Waals surface area contributed by atoms with Gasteiger partial charge in [-0.05, 0) is 68.7 Å². The van der Waals surface area contributed by atoms with Crippen LogP contribution in [-0.2, 0) is 0 Å². The van der Waals surface area contributed by atoms with E-state index in [9.17, 15) is 0 Å². The maximum absolute atomic E-state index is 6.01. The maximum Gasteiger partial charge on any atom is 0.119 e. The molecule has 0 spiro atoms. The molecular weight excluding hydrogens is 246 g/mol. The molecule has 0 saturated heterocycles. The highest BCUT2D eigenvalue weighted by Gasteiger charge is 2.30. The van der Waals surface area contributed by atoms with Gasteiger partial charge in [0.05, 0.1) is 6.10 Å². The van der Waals surface area contributed by atoms with Gasteiger partial charge in [0.1, 0.15) is 5.75 Å². The van der Waals surface area contributed by atoms with Crippen molar-refractivity contribution < 1.29 is 4.74 Å². The fourth-order valence-electron chi connectivity index (χ4n) is 3.47. The van der Waals surface area contributed by atoms with E-state index in [-0.39, 0.29) is 6.10 Å². The van der Waals surface area contributed by atoms with E-state index < -0.39 is 0 Å². The van der Waals surface area contributed by atoms with E-state index in [4.69, 9.17) is 10.5 Å². The minimum atomic E-state index is 0.227. The standard InChI is InChI=1S/C18H29NO/c1-4-14-8-9-16(12-19)18(10-14)15-6-5-7-17(11-15)20-13(2)3/h5-7,11,13-14,16,18H,4,8-10,12,19H2,1-3H3. The van der Waals surface area contributed by atoms with Crippen LogP contribution in [0.4, 0.5) is 0 Å². The molecule has 2 rings (SSSR count). The van der Waals surface area contributed by atoms with Crippen molar-refractivity contribution in [2.24, 2.45) is 17.6 Å². The molecule has 2 N–H and O–H groups in total. The zero-order chi connectivity index (χ0) is 14.5. The molecule has 1 fully saturated rings. The highest BCUT2D eigenvalue weighted by molar-refractivity contribution is 5.32. The molecule has 1 aromatic carbocycles. The largest absolute Gasteiger partial charge is 0.491 e. The van der Waals surface area contributed by atoms with Gasteiger partial charge < -0.3 is 10.5 Å². The fraction of sp³-hybridized carbons (Fsp3) is 0.667. The summed E-state index contributed by atoms with van der Waals surface area (Å²) in [6.45, 7) is 7.26. The summed E-state index contributed by atoms with van der Waals surface area (Å²) in [5.41, 5.74) is 7.42. The number of hydrogen-bond donors (Lipinski definition) is 1. The lowest BCUT2D eigenvalue weighted by Crippen LogP contribution is -2.28. The van der Waals surface area contributed by atoms with Crippen molar-refractivity contribution in [3.8, 4) is 5.75 Å². The minimum absolute atomic E-state index is 0.227. The average molecular weight is 275 g/mol. The van der Waals surface area contributed by atoms with Crippen LogP contribution in [-0.4, -0.2) is 12.6 Å². The third-order valence-electron chi connectivity index (χ3n) is 4.64. The second-order valence-corrected chi connectivity index (χ2v) is 6.43. The van der Waals surface area contributed by atoms with Crippen LogP contribution in [0.5, 0.6) is 5.75 Å². The molecule has 0 aliphatic heterocycles. The molecule has 2 nitrogen and oxygen atoms in total. The normalized spacial score (nSPS) is 26.8. The van der Waals surface area contributed by atoms with Crippen LogP contribution in [0.3, 0.4) is 0 Å². The molecule has 0 radical (unpaired) electrons. The van der Waals surface area contributed by atoms with Crippen LogP contribution in [0.2, 0.25) is 0 Å². The first-order chi connectivity index (χ1) is 9.63. The molecule has 1 aliphatic carbocycles. The van der Waals surface area contributed by atoms with Crippen LogP contribution in [0.25, 0.3) is 0 Å². The topological polar surface area (TPSA) is 35.2 Å². The monoisotopic (exact) mass is 275 g/mol. The van der Waals surface area contributed by atoms with Gasteiger partial charge in [0, 0.05) is 0 Å². The summed E-state index contributed by atoms with van der Waals surface area (Å²) in [5, 5.41) is 0. The Morgan fingerprint density at radius 3 is 2.75 bits per heavy atom. The lowest BCUT2D eigenvalue weighted by molar-refractivity contribution is 0.230. The van der Waals surface area contributed by atoms with Gasteiger partial charge in [-0.2, -0.15) is 0 Å². The molecule has 1 aromatic rings. The van der Waals surface area contributed by atoms with Gasteiger partial charge in [-0.3, -0.25) is 0 Å². The third kappa shape index (κ3) is 3.76. The summed E-state index contributed by atoms with van der Waals surface area (Å²) >= 11 is 0. The summed E-state index contributed by atoms with van der Waals surface area (Å²) < 4.78 is 5.84. The van der Waals surface area contributed by atoms with E-state index in [0.717, 1.165) is 18.2 Å². The minimum Gasteiger partial charge on any atom is -0.491 e. The first-order valence-corrected chi connectivity index (χ1v) is 8.10. The van der Waals surface area contributed by atoms with Gasteiger partial charge in [0.25, 0.3) is 0 Å². The SMILES string of the molecule is CCC1CCC(CN)C(c2cccc(OC(C)C)c2)C1. The predicted octanol–water partition coefficient (Wildman–Crippen LogP) is 4.34. The molecule has 0 amide bonds. The Bertz CT molecular complexity index is 416. The van der Waals surface area contributed by atoms with Crippen molar-refractivity contribution in [1.82, 2.24) is 0 Å². The van der Waals surface area contributed by atoms with Gasteiger partial charge in [-0.25, -0.2) is 0 Å². The van der Waals surface area contributed by atoms with Crippen molar-refractivity contribution in [2.45, 2.75) is 58.5 Å². The van der Waals surface area contributed by atoms with Gasteiger partial charge in [0.2, 0.25) is 0 Å². The van der Waals surface area contributed by atoms with Crippen LogP contribution < -0.4 is 10.5 Å². The molecule has 112 valence electrons. The number of hydrogen-bond acceptors (Lipinski definition) is 2. The summed E-state index contributed by atoms with van der Waals surface area (Å²) in [6, 6.07) is 8.65. The zero-order valence-electron chi connectivity index (χ0n) is 13.1. The lowest BCUT2D eigenvalue weighted by atomic mass is 9.70. The Labute approximate surface area is 123 Å². The van der Waals surface area contributed by atoms with Gasteiger partial charge in [-0.15, -0.1) is 0 Å². The van der Waals surface area contributed by atoms with Crippen LogP contribution in [0, 0.1) is 11.8 Å². The lowest BCUT2D eigenvalue weighted by Gasteiger charge is -2.36. The number of rotatable bonds is 5. The number of nitrogens with two attached hydrogens (primary N) is 1. The number of benzene rings is 1. The maximum atomic E-state index is 6.01. The van der Waals surface area contributed by atoms with E-state index in [1.165, 1.54) is 31.2 Å². The number of ether oxygens (including phenoxy) is 1. The highest BCUT2D eigenvalue weighted by atomic mass is 16.5. The van der Waals surface area contributed by atoms with Crippen LogP contribution in [0.1, 0.15) is 57.9 Å². The average Bonchev–Trinajstić information content (AvgIpc) is 2.46. The van der Waals surface area contributed by atoms with Crippen molar-refractivity contribution in [3.63, 3.8) is 0 Å². The molecule has 1 aliphatic rings. The summed E-state index contributed by atoms with van der Waals surface area (Å²) in [6.07, 6.45) is 5.41. The van der Waals surface area contributed by atoms with Crippen molar-refractivity contribution in [3.05, 3.63) is 29.8 Å². The second kappa shape index (κ2) is 7.12. The van der Waals surface area contributed by atoms with Gasteiger partial charge in [-0.1, -0.05) is 31.9 Å². The Hall–Kier alpha value is -1.02. The van der Waals surface area contributed by atoms with E-state index in [0.29, 0.717) is 11.8 Å². The first kappa shape index (κ1) is 15.4. The van der Waals surface area contributed by atoms with Crippen LogP contribution in [0.15, 0.2) is 24.3 Å². The van der Waals surface area contributed by atoms with Gasteiger partial charge >= 0.3 is 0 Å². The Morgan fingerprint density at radius 2 is 2.10 bits per heavy atom. The second-order valence-electron chi connectivity index (χ2n) is 6.43. The summed E-state index contributed by atoms with van der Waals surface area (Å²) in [4.78, 5) is 0. The van der Waals surface area contributed by atoms with E-state index in [1.54, 1.807) is 0 Å². The molecule has 2 heteroatoms. The predicted molar refractivity (Wildman–Crippen MR) is 85.1 cm³/mol. The Balaban J connectivity index is 2.18. The van der Waals surface area contributed by atoms with Crippen molar-refractivity contribution in [2.75, 3.05) is 6.54 Å². The summed E-state index contributed by atoms with van der Waals surface area (Å²) in [5.74, 6) is 3.09. The first-order valence-electron chi connectivity index (χ1n) is 8.10. The fourth-order valence-corrected chi connectivity index (χ4v) is 3.47. The smallest absolute Gasteiger partial charge is 0.119 e. The molecule has 0 heterocycles. The Morgan fingerprint density at radius 1 is 1.30 bits per heavy atom. The molecule has 0 bridgehead atoms. The zero-order valence-corrected chi connectivity index (χ0v) is 13.1. The molecule has 3 unspecified atom stereocenters. The van der Waals surface area contributed by atoms with Crippen molar-refractivity contribution in [1.29, 1.82) is 0 Å². The molecular formula is C18H29NO. The van der Waals surface area contributed by atoms with Crippen LogP contribution >= 0.6 is 0 Å². The van der Waals surface area contributed by atoms with E-state index >= 15 is 0 Å². The molecule has 0 aromatic heterocycles. The molecule has 1 saturated carbocycles. The quantitative estimate of drug-likeness (QED) is 0.867. The van der Waals surface area contributed by atoms with Crippen molar-refractivity contribution >= 4 is 0 Å². The Kier molecular flexibility index (Phi) is 5.47. The molecule has 3 atom stereocenters. The summed E-state index contributed by atoms with van der Waals surface area (Å²) in [7, 11) is 0. The van der Waals surface area contributed by atoms with E-state index in [2.05, 4.69) is 45.0 Å². The van der Waals surface area contributed by atoms with Gasteiger partial charge in [0.15, 0.2) is 0 Å². The van der Waals surface area contributed by atoms with E-state index in [1.807, 2.05) is 0 Å². The highest BCUT2D eigenvalue weighted by Crippen LogP contribution is 2.41. The third-order valence-corrected chi connectivity index (χ3v) is 4.64. The molecule has 20 heavy (non-hydrogen) atoms.